The number of aliphatic hydroxyl groups excluding tert-OH is 1. The van der Waals surface area contributed by atoms with Crippen LogP contribution in [-0.2, 0) is 0 Å². The van der Waals surface area contributed by atoms with E-state index in [1.54, 1.807) is 0 Å². The monoisotopic (exact) mass is 338 g/mol. The average molecular weight is 338 g/mol. The molecule has 24 heavy (non-hydrogen) atoms. The summed E-state index contributed by atoms with van der Waals surface area (Å²) in [6.45, 7) is 2.78. The number of fused-ring (bicyclic) bond motifs is 1. The lowest BCUT2D eigenvalue weighted by Gasteiger charge is -2.32. The number of para-hydroxylation sites is 1. The number of piperidine rings is 1. The van der Waals surface area contributed by atoms with Crippen LogP contribution >= 0.6 is 11.3 Å². The van der Waals surface area contributed by atoms with Gasteiger partial charge in [0.1, 0.15) is 0 Å². The quantitative estimate of drug-likeness (QED) is 0.774. The topological polar surface area (TPSA) is 36.4 Å². The molecule has 3 nitrogen and oxygen atoms in total. The number of hydrogen-bond donors (Lipinski definition) is 1. The van der Waals surface area contributed by atoms with E-state index in [-0.39, 0.29) is 0 Å². The molecule has 2 aromatic carbocycles. The standard InChI is InChI=1S/C20H22N2OS/c23-18(15-6-2-1-3-7-15)14-22-12-10-16(11-13-22)20-21-17-8-4-5-9-19(17)24-20/h1-9,16,18,23H,10-14H2/t18-/m0/s1. The lowest BCUT2D eigenvalue weighted by Crippen LogP contribution is -2.36. The van der Waals surface area contributed by atoms with Crippen molar-refractivity contribution in [3.05, 3.63) is 65.2 Å². The molecule has 1 atom stereocenters. The number of β-amino-alcohol motifs (C(OH)–C–C–N with tert-alkyl or cyclic N) is 1. The molecule has 1 N–H and O–H groups in total. The first-order valence-electron chi connectivity index (χ1n) is 8.60. The minimum absolute atomic E-state index is 0.398. The van der Waals surface area contributed by atoms with Crippen molar-refractivity contribution in [3.63, 3.8) is 0 Å². The summed E-state index contributed by atoms with van der Waals surface area (Å²) in [4.78, 5) is 7.20. The summed E-state index contributed by atoms with van der Waals surface area (Å²) < 4.78 is 1.29. The van der Waals surface area contributed by atoms with Crippen molar-refractivity contribution in [1.29, 1.82) is 0 Å². The Hall–Kier alpha value is -1.75. The number of aliphatic hydroxyl groups is 1. The molecule has 1 aliphatic heterocycles. The van der Waals surface area contributed by atoms with E-state index in [4.69, 9.17) is 4.98 Å². The van der Waals surface area contributed by atoms with Crippen molar-refractivity contribution in [2.75, 3.05) is 19.6 Å². The van der Waals surface area contributed by atoms with E-state index >= 15 is 0 Å². The lowest BCUT2D eigenvalue weighted by atomic mass is 9.97. The Morgan fingerprint density at radius 2 is 1.75 bits per heavy atom. The van der Waals surface area contributed by atoms with E-state index in [9.17, 15) is 5.11 Å². The van der Waals surface area contributed by atoms with Crippen LogP contribution in [0, 0.1) is 0 Å². The van der Waals surface area contributed by atoms with Crippen LogP contribution in [-0.4, -0.2) is 34.6 Å². The van der Waals surface area contributed by atoms with Gasteiger partial charge in [0.05, 0.1) is 21.3 Å². The smallest absolute Gasteiger partial charge is 0.0970 e. The van der Waals surface area contributed by atoms with Gasteiger partial charge < -0.3 is 10.0 Å². The summed E-state index contributed by atoms with van der Waals surface area (Å²) >= 11 is 1.84. The molecule has 0 bridgehead atoms. The minimum Gasteiger partial charge on any atom is -0.387 e. The zero-order valence-electron chi connectivity index (χ0n) is 13.6. The molecule has 0 amide bonds. The summed E-state index contributed by atoms with van der Waals surface area (Å²) in [7, 11) is 0. The normalized spacial score (nSPS) is 18.0. The first kappa shape index (κ1) is 15.8. The van der Waals surface area contributed by atoms with Gasteiger partial charge >= 0.3 is 0 Å². The van der Waals surface area contributed by atoms with Crippen LogP contribution in [0.4, 0.5) is 0 Å². The fraction of sp³-hybridized carbons (Fsp3) is 0.350. The molecule has 124 valence electrons. The van der Waals surface area contributed by atoms with Crippen molar-refractivity contribution in [1.82, 2.24) is 9.88 Å². The van der Waals surface area contributed by atoms with E-state index in [2.05, 4.69) is 29.2 Å². The molecule has 0 radical (unpaired) electrons. The predicted molar refractivity (Wildman–Crippen MR) is 99.4 cm³/mol. The van der Waals surface area contributed by atoms with Crippen LogP contribution < -0.4 is 0 Å². The van der Waals surface area contributed by atoms with Crippen molar-refractivity contribution in [2.24, 2.45) is 0 Å². The second-order valence-electron chi connectivity index (χ2n) is 6.52. The Morgan fingerprint density at radius 3 is 2.50 bits per heavy atom. The zero-order chi connectivity index (χ0) is 16.4. The van der Waals surface area contributed by atoms with Gasteiger partial charge in [-0.3, -0.25) is 0 Å². The van der Waals surface area contributed by atoms with Crippen LogP contribution in [0.5, 0.6) is 0 Å². The van der Waals surface area contributed by atoms with Gasteiger partial charge in [-0.05, 0) is 43.6 Å². The zero-order valence-corrected chi connectivity index (χ0v) is 14.5. The Morgan fingerprint density at radius 1 is 1.04 bits per heavy atom. The highest BCUT2D eigenvalue weighted by atomic mass is 32.1. The van der Waals surface area contributed by atoms with E-state index < -0.39 is 6.10 Å². The molecule has 0 aliphatic carbocycles. The Labute approximate surface area is 146 Å². The first-order chi connectivity index (χ1) is 11.8. The Balaban J connectivity index is 1.36. The van der Waals surface area contributed by atoms with Crippen LogP contribution in [0.15, 0.2) is 54.6 Å². The lowest BCUT2D eigenvalue weighted by molar-refractivity contribution is 0.0972. The maximum absolute atomic E-state index is 10.4. The maximum Gasteiger partial charge on any atom is 0.0970 e. The number of likely N-dealkylation sites (tertiary alicyclic amines) is 1. The third-order valence-electron chi connectivity index (χ3n) is 4.86. The molecule has 0 unspecified atom stereocenters. The molecule has 3 aromatic rings. The average Bonchev–Trinajstić information content (AvgIpc) is 3.07. The summed E-state index contributed by atoms with van der Waals surface area (Å²) in [6, 6.07) is 18.3. The number of hydrogen-bond acceptors (Lipinski definition) is 4. The number of benzene rings is 2. The SMILES string of the molecule is O[C@@H](CN1CCC(c2nc3ccccc3s2)CC1)c1ccccc1. The fourth-order valence-corrected chi connectivity index (χ4v) is 4.59. The molecule has 0 spiro atoms. The van der Waals surface area contributed by atoms with Gasteiger partial charge in [0.15, 0.2) is 0 Å². The van der Waals surface area contributed by atoms with Gasteiger partial charge in [0, 0.05) is 12.5 Å². The van der Waals surface area contributed by atoms with Gasteiger partial charge in [-0.2, -0.15) is 0 Å². The van der Waals surface area contributed by atoms with Crippen LogP contribution in [0.1, 0.15) is 35.4 Å². The molecule has 1 aliphatic rings. The summed E-state index contributed by atoms with van der Waals surface area (Å²) in [5.41, 5.74) is 2.13. The van der Waals surface area contributed by atoms with Gasteiger partial charge in [0.2, 0.25) is 0 Å². The van der Waals surface area contributed by atoms with Gasteiger partial charge in [0.25, 0.3) is 0 Å². The van der Waals surface area contributed by atoms with Crippen LogP contribution in [0.2, 0.25) is 0 Å². The van der Waals surface area contributed by atoms with E-state index in [0.717, 1.165) is 43.6 Å². The van der Waals surface area contributed by atoms with E-state index in [1.807, 2.05) is 41.7 Å². The number of nitrogens with zero attached hydrogens (tertiary/aromatic N) is 2. The molecule has 1 saturated heterocycles. The number of rotatable bonds is 4. The summed E-state index contributed by atoms with van der Waals surface area (Å²) in [6.07, 6.45) is 1.85. The molecular weight excluding hydrogens is 316 g/mol. The maximum atomic E-state index is 10.4. The van der Waals surface area contributed by atoms with Crippen LogP contribution in [0.3, 0.4) is 0 Å². The van der Waals surface area contributed by atoms with Crippen molar-refractivity contribution in [2.45, 2.75) is 24.9 Å². The summed E-state index contributed by atoms with van der Waals surface area (Å²) in [5.74, 6) is 0.563. The molecule has 4 rings (SSSR count). The van der Waals surface area contributed by atoms with Crippen molar-refractivity contribution < 1.29 is 5.11 Å². The first-order valence-corrected chi connectivity index (χ1v) is 9.42. The Bertz CT molecular complexity index is 761. The molecular formula is C20H22N2OS. The summed E-state index contributed by atoms with van der Waals surface area (Å²) in [5, 5.41) is 11.7. The fourth-order valence-electron chi connectivity index (χ4n) is 3.45. The molecule has 4 heteroatoms. The molecule has 1 aromatic heterocycles. The second kappa shape index (κ2) is 7.01. The molecule has 1 fully saturated rings. The third kappa shape index (κ3) is 3.36. The Kier molecular flexibility index (Phi) is 4.60. The molecule has 0 saturated carbocycles. The van der Waals surface area contributed by atoms with Crippen LogP contribution in [0.25, 0.3) is 10.2 Å². The molecule has 2 heterocycles. The van der Waals surface area contributed by atoms with Crippen molar-refractivity contribution >= 4 is 21.6 Å². The van der Waals surface area contributed by atoms with E-state index in [0.29, 0.717) is 5.92 Å². The minimum atomic E-state index is -0.398. The van der Waals surface area contributed by atoms with Gasteiger partial charge in [-0.15, -0.1) is 11.3 Å². The second-order valence-corrected chi connectivity index (χ2v) is 7.58. The highest BCUT2D eigenvalue weighted by molar-refractivity contribution is 7.18. The van der Waals surface area contributed by atoms with Crippen molar-refractivity contribution in [3.8, 4) is 0 Å². The highest BCUT2D eigenvalue weighted by Gasteiger charge is 2.24. The van der Waals surface area contributed by atoms with E-state index in [1.165, 1.54) is 9.71 Å². The van der Waals surface area contributed by atoms with Gasteiger partial charge in [-0.1, -0.05) is 42.5 Å². The third-order valence-corrected chi connectivity index (χ3v) is 6.06. The van der Waals surface area contributed by atoms with Gasteiger partial charge in [-0.25, -0.2) is 4.98 Å². The predicted octanol–water partition coefficient (Wildman–Crippen LogP) is 4.21. The highest BCUT2D eigenvalue weighted by Crippen LogP contribution is 2.34. The largest absolute Gasteiger partial charge is 0.387 e. The number of aromatic nitrogens is 1. The number of thiazole rings is 1.